The van der Waals surface area contributed by atoms with E-state index in [9.17, 15) is 9.59 Å². The molecule has 3 rings (SSSR count). The van der Waals surface area contributed by atoms with Gasteiger partial charge in [-0.3, -0.25) is 9.59 Å². The molecule has 0 radical (unpaired) electrons. The molecule has 144 valence electrons. The van der Waals surface area contributed by atoms with Crippen molar-refractivity contribution < 1.29 is 14.5 Å². The number of hydrogen-bond donors (Lipinski definition) is 2. The molecule has 5 nitrogen and oxygen atoms in total. The quantitative estimate of drug-likeness (QED) is 0.708. The molecule has 1 aliphatic heterocycles. The zero-order valence-corrected chi connectivity index (χ0v) is 16.8. The fourth-order valence-corrected chi connectivity index (χ4v) is 4.20. The maximum atomic E-state index is 12.4. The van der Waals surface area contributed by atoms with E-state index in [4.69, 9.17) is 0 Å². The molecule has 1 saturated heterocycles. The van der Waals surface area contributed by atoms with Gasteiger partial charge in [0.25, 0.3) is 5.91 Å². The molecule has 1 fully saturated rings. The van der Waals surface area contributed by atoms with Crippen LogP contribution in [0.15, 0.2) is 41.8 Å². The van der Waals surface area contributed by atoms with E-state index in [1.165, 1.54) is 9.78 Å². The lowest BCUT2D eigenvalue weighted by atomic mass is 10.1. The molecular formula is C21H28N3O2S+. The standard InChI is InChI=1S/C21H27N3O2S/c1-16(21(26)22-10-9-20-4-3-15-27-20)23-11-13-24(14-12-23)19-7-5-18(6-8-19)17(2)25/h3-8,15-16H,9-14H2,1-2H3,(H,22,26)/p+1/t16-/m0/s1. The highest BCUT2D eigenvalue weighted by Gasteiger charge is 2.29. The van der Waals surface area contributed by atoms with Crippen LogP contribution >= 0.6 is 11.3 Å². The average molecular weight is 387 g/mol. The number of Topliss-reactive ketones (excluding diaryl/α,β-unsaturated/α-hetero) is 1. The topological polar surface area (TPSA) is 53.9 Å². The first-order valence-electron chi connectivity index (χ1n) is 9.55. The lowest BCUT2D eigenvalue weighted by Gasteiger charge is -2.36. The van der Waals surface area contributed by atoms with Gasteiger partial charge >= 0.3 is 0 Å². The Morgan fingerprint density at radius 1 is 1.19 bits per heavy atom. The lowest BCUT2D eigenvalue weighted by molar-refractivity contribution is -0.914. The third-order valence-electron chi connectivity index (χ3n) is 5.30. The van der Waals surface area contributed by atoms with Crippen LogP contribution in [0.5, 0.6) is 0 Å². The van der Waals surface area contributed by atoms with Crippen molar-refractivity contribution in [3.05, 3.63) is 52.2 Å². The number of nitrogens with one attached hydrogen (secondary N) is 2. The summed E-state index contributed by atoms with van der Waals surface area (Å²) in [5.74, 6) is 0.232. The van der Waals surface area contributed by atoms with E-state index in [2.05, 4.69) is 21.7 Å². The summed E-state index contributed by atoms with van der Waals surface area (Å²) in [5, 5.41) is 5.15. The van der Waals surface area contributed by atoms with Gasteiger partial charge in [0.05, 0.1) is 26.2 Å². The van der Waals surface area contributed by atoms with Gasteiger partial charge in [-0.15, -0.1) is 11.3 Å². The van der Waals surface area contributed by atoms with Crippen LogP contribution in [0.3, 0.4) is 0 Å². The highest BCUT2D eigenvalue weighted by molar-refractivity contribution is 7.09. The Morgan fingerprint density at radius 3 is 2.48 bits per heavy atom. The van der Waals surface area contributed by atoms with E-state index < -0.39 is 0 Å². The second-order valence-electron chi connectivity index (χ2n) is 7.09. The van der Waals surface area contributed by atoms with Crippen molar-refractivity contribution in [3.8, 4) is 0 Å². The van der Waals surface area contributed by atoms with Crippen LogP contribution in [-0.2, 0) is 11.2 Å². The second kappa shape index (κ2) is 9.15. The van der Waals surface area contributed by atoms with Crippen molar-refractivity contribution >= 4 is 28.7 Å². The monoisotopic (exact) mass is 386 g/mol. The Labute approximate surface area is 165 Å². The Balaban J connectivity index is 1.44. The van der Waals surface area contributed by atoms with Gasteiger partial charge in [0.15, 0.2) is 11.8 Å². The highest BCUT2D eigenvalue weighted by atomic mass is 32.1. The molecule has 0 spiro atoms. The number of quaternary nitrogens is 1. The van der Waals surface area contributed by atoms with Gasteiger partial charge in [0, 0.05) is 22.7 Å². The van der Waals surface area contributed by atoms with Crippen LogP contribution in [0.1, 0.15) is 29.1 Å². The minimum Gasteiger partial charge on any atom is -0.360 e. The minimum absolute atomic E-state index is 0.0319. The number of ketones is 1. The molecule has 0 aliphatic carbocycles. The van der Waals surface area contributed by atoms with Crippen LogP contribution < -0.4 is 15.1 Å². The average Bonchev–Trinajstić information content (AvgIpc) is 3.21. The molecule has 27 heavy (non-hydrogen) atoms. The van der Waals surface area contributed by atoms with E-state index in [-0.39, 0.29) is 17.7 Å². The van der Waals surface area contributed by atoms with Crippen LogP contribution in [0, 0.1) is 0 Å². The van der Waals surface area contributed by atoms with E-state index in [0.29, 0.717) is 6.54 Å². The van der Waals surface area contributed by atoms with E-state index >= 15 is 0 Å². The lowest BCUT2D eigenvalue weighted by Crippen LogP contribution is -3.19. The fourth-order valence-electron chi connectivity index (χ4n) is 3.49. The van der Waals surface area contributed by atoms with Gasteiger partial charge < -0.3 is 15.1 Å². The molecule has 0 saturated carbocycles. The fraction of sp³-hybridized carbons (Fsp3) is 0.429. The molecule has 1 aliphatic rings. The summed E-state index contributed by atoms with van der Waals surface area (Å²) in [5.41, 5.74) is 1.89. The van der Waals surface area contributed by atoms with Crippen LogP contribution in [0.4, 0.5) is 5.69 Å². The van der Waals surface area contributed by atoms with Crippen molar-refractivity contribution in [3.63, 3.8) is 0 Å². The predicted molar refractivity (Wildman–Crippen MR) is 110 cm³/mol. The van der Waals surface area contributed by atoms with Crippen molar-refractivity contribution in [2.24, 2.45) is 0 Å². The Kier molecular flexibility index (Phi) is 6.63. The molecule has 1 aromatic heterocycles. The summed E-state index contributed by atoms with van der Waals surface area (Å²) < 4.78 is 0. The van der Waals surface area contributed by atoms with Crippen molar-refractivity contribution in [1.29, 1.82) is 0 Å². The van der Waals surface area contributed by atoms with E-state index in [1.807, 2.05) is 37.3 Å². The van der Waals surface area contributed by atoms with Crippen molar-refractivity contribution in [2.45, 2.75) is 26.3 Å². The van der Waals surface area contributed by atoms with Gasteiger partial charge in [-0.25, -0.2) is 0 Å². The maximum absolute atomic E-state index is 12.4. The third kappa shape index (κ3) is 5.17. The zero-order chi connectivity index (χ0) is 19.2. The molecule has 1 atom stereocenters. The number of nitrogens with zero attached hydrogens (tertiary/aromatic N) is 1. The molecular weight excluding hydrogens is 358 g/mol. The van der Waals surface area contributed by atoms with E-state index in [1.54, 1.807) is 18.3 Å². The number of hydrogen-bond acceptors (Lipinski definition) is 4. The van der Waals surface area contributed by atoms with Crippen molar-refractivity contribution in [1.82, 2.24) is 5.32 Å². The zero-order valence-electron chi connectivity index (χ0n) is 16.0. The molecule has 2 aromatic rings. The molecule has 0 bridgehead atoms. The van der Waals surface area contributed by atoms with Gasteiger partial charge in [0.2, 0.25) is 0 Å². The normalized spacial score (nSPS) is 16.1. The summed E-state index contributed by atoms with van der Waals surface area (Å²) in [6.45, 7) is 8.02. The number of rotatable bonds is 7. The molecule has 2 N–H and O–H groups in total. The Morgan fingerprint density at radius 2 is 1.89 bits per heavy atom. The first-order chi connectivity index (χ1) is 13.0. The first kappa shape index (κ1) is 19.6. The number of carbonyl (C=O) groups is 2. The highest BCUT2D eigenvalue weighted by Crippen LogP contribution is 2.15. The van der Waals surface area contributed by atoms with Crippen LogP contribution in [0.25, 0.3) is 0 Å². The van der Waals surface area contributed by atoms with Crippen LogP contribution in [0.2, 0.25) is 0 Å². The summed E-state index contributed by atoms with van der Waals surface area (Å²) in [4.78, 5) is 28.8. The van der Waals surface area contributed by atoms with Gasteiger partial charge in [-0.1, -0.05) is 6.07 Å². The van der Waals surface area contributed by atoms with E-state index in [0.717, 1.165) is 43.9 Å². The minimum atomic E-state index is -0.0319. The largest absolute Gasteiger partial charge is 0.360 e. The summed E-state index contributed by atoms with van der Waals surface area (Å²) in [7, 11) is 0. The summed E-state index contributed by atoms with van der Waals surface area (Å²) in [6, 6.07) is 11.9. The third-order valence-corrected chi connectivity index (χ3v) is 6.24. The van der Waals surface area contributed by atoms with Gasteiger partial charge in [-0.05, 0) is 56.0 Å². The first-order valence-corrected chi connectivity index (χ1v) is 10.4. The smallest absolute Gasteiger partial charge is 0.278 e. The number of piperazine rings is 1. The van der Waals surface area contributed by atoms with Gasteiger partial charge in [0.1, 0.15) is 0 Å². The van der Waals surface area contributed by atoms with Crippen molar-refractivity contribution in [2.75, 3.05) is 37.6 Å². The maximum Gasteiger partial charge on any atom is 0.278 e. The summed E-state index contributed by atoms with van der Waals surface area (Å²) in [6.07, 6.45) is 0.898. The number of benzene rings is 1. The number of amides is 1. The van der Waals surface area contributed by atoms with Crippen LogP contribution in [-0.4, -0.2) is 50.5 Å². The summed E-state index contributed by atoms with van der Waals surface area (Å²) >= 11 is 1.73. The van der Waals surface area contributed by atoms with Gasteiger partial charge in [-0.2, -0.15) is 0 Å². The molecule has 0 unspecified atom stereocenters. The second-order valence-corrected chi connectivity index (χ2v) is 8.12. The molecule has 6 heteroatoms. The predicted octanol–water partition coefficient (Wildman–Crippen LogP) is 1.40. The molecule has 2 heterocycles. The Bertz CT molecular complexity index is 750. The number of thiophene rings is 1. The Hall–Kier alpha value is -2.18. The molecule has 1 aromatic carbocycles. The SMILES string of the molecule is CC(=O)c1ccc(N2CC[NH+]([C@@H](C)C(=O)NCCc3cccs3)CC2)cc1. The number of anilines is 1. The molecule has 1 amide bonds. The number of carbonyl (C=O) groups excluding carboxylic acids is 2.